The summed E-state index contributed by atoms with van der Waals surface area (Å²) in [6, 6.07) is 9.04. The number of alkyl halides is 3. The van der Waals surface area contributed by atoms with Gasteiger partial charge in [-0.1, -0.05) is 6.07 Å². The van der Waals surface area contributed by atoms with E-state index in [4.69, 9.17) is 0 Å². The molecule has 3 rings (SSSR count). The number of aromatic amines is 1. The molecule has 0 unspecified atom stereocenters. The summed E-state index contributed by atoms with van der Waals surface area (Å²) < 4.78 is 38.2. The molecule has 0 saturated carbocycles. The van der Waals surface area contributed by atoms with Crippen LogP contribution >= 0.6 is 0 Å². The molecule has 0 radical (unpaired) electrons. The van der Waals surface area contributed by atoms with E-state index in [0.717, 1.165) is 28.6 Å². The molecule has 0 saturated heterocycles. The number of carbonyl (C=O) groups is 1. The molecule has 26 heavy (non-hydrogen) atoms. The SMILES string of the molecule is O=C(Nc1cccc(C(F)(F)F)c1)Nc1cc(CCO)c2cc[nH]c2c1. The molecule has 4 N–H and O–H groups in total. The van der Waals surface area contributed by atoms with Crippen LogP contribution in [-0.4, -0.2) is 22.7 Å². The number of halogens is 3. The molecule has 1 heterocycles. The third kappa shape index (κ3) is 3.97. The van der Waals surface area contributed by atoms with Gasteiger partial charge in [-0.15, -0.1) is 0 Å². The highest BCUT2D eigenvalue weighted by Gasteiger charge is 2.30. The zero-order valence-electron chi connectivity index (χ0n) is 13.5. The molecule has 5 nitrogen and oxygen atoms in total. The Morgan fingerprint density at radius 1 is 1.08 bits per heavy atom. The number of hydrogen-bond acceptors (Lipinski definition) is 2. The molecule has 136 valence electrons. The Morgan fingerprint density at radius 2 is 1.85 bits per heavy atom. The van der Waals surface area contributed by atoms with Crippen molar-refractivity contribution in [3.05, 3.63) is 59.8 Å². The van der Waals surface area contributed by atoms with Crippen molar-refractivity contribution in [3.63, 3.8) is 0 Å². The highest BCUT2D eigenvalue weighted by Crippen LogP contribution is 2.30. The quantitative estimate of drug-likeness (QED) is 0.556. The molecule has 3 aromatic rings. The Hall–Kier alpha value is -3.00. The minimum Gasteiger partial charge on any atom is -0.396 e. The van der Waals surface area contributed by atoms with E-state index in [1.165, 1.54) is 12.1 Å². The molecule has 0 bridgehead atoms. The Labute approximate surface area is 146 Å². The number of benzene rings is 2. The van der Waals surface area contributed by atoms with E-state index >= 15 is 0 Å². The summed E-state index contributed by atoms with van der Waals surface area (Å²) in [5.41, 5.74) is 1.29. The Balaban J connectivity index is 1.77. The molecule has 0 atom stereocenters. The number of anilines is 2. The summed E-state index contributed by atoms with van der Waals surface area (Å²) in [5, 5.41) is 15.1. The fourth-order valence-corrected chi connectivity index (χ4v) is 2.71. The molecular formula is C18H16F3N3O2. The number of carbonyl (C=O) groups excluding carboxylic acids is 1. The van der Waals surface area contributed by atoms with Gasteiger partial charge >= 0.3 is 12.2 Å². The largest absolute Gasteiger partial charge is 0.416 e. The summed E-state index contributed by atoms with van der Waals surface area (Å²) in [4.78, 5) is 15.2. The van der Waals surface area contributed by atoms with Crippen LogP contribution in [0, 0.1) is 0 Å². The number of fused-ring (bicyclic) bond motifs is 1. The average Bonchev–Trinajstić information content (AvgIpc) is 3.03. The van der Waals surface area contributed by atoms with Gasteiger partial charge < -0.3 is 20.7 Å². The van der Waals surface area contributed by atoms with Crippen LogP contribution in [0.1, 0.15) is 11.1 Å². The van der Waals surface area contributed by atoms with Crippen LogP contribution in [0.3, 0.4) is 0 Å². The van der Waals surface area contributed by atoms with Gasteiger partial charge in [0, 0.05) is 35.1 Å². The van der Waals surface area contributed by atoms with E-state index < -0.39 is 17.8 Å². The summed E-state index contributed by atoms with van der Waals surface area (Å²) >= 11 is 0. The van der Waals surface area contributed by atoms with Crippen LogP contribution < -0.4 is 10.6 Å². The minimum atomic E-state index is -4.48. The van der Waals surface area contributed by atoms with E-state index in [1.807, 2.05) is 6.07 Å². The van der Waals surface area contributed by atoms with Crippen molar-refractivity contribution in [1.29, 1.82) is 0 Å². The molecule has 0 aliphatic carbocycles. The molecule has 2 aromatic carbocycles. The molecule has 2 amide bonds. The van der Waals surface area contributed by atoms with Gasteiger partial charge in [-0.2, -0.15) is 13.2 Å². The maximum absolute atomic E-state index is 12.7. The predicted octanol–water partition coefficient (Wildman–Crippen LogP) is 4.37. The molecule has 0 fully saturated rings. The second kappa shape index (κ2) is 7.09. The number of rotatable bonds is 4. The summed E-state index contributed by atoms with van der Waals surface area (Å²) in [5.74, 6) is 0. The van der Waals surface area contributed by atoms with Crippen LogP contribution in [0.15, 0.2) is 48.7 Å². The lowest BCUT2D eigenvalue weighted by Gasteiger charge is -2.12. The normalized spacial score (nSPS) is 11.5. The fourth-order valence-electron chi connectivity index (χ4n) is 2.71. The zero-order chi connectivity index (χ0) is 18.7. The number of aromatic nitrogens is 1. The Morgan fingerprint density at radius 3 is 2.58 bits per heavy atom. The predicted molar refractivity (Wildman–Crippen MR) is 93.2 cm³/mol. The highest BCUT2D eigenvalue weighted by molar-refractivity contribution is 6.01. The van der Waals surface area contributed by atoms with E-state index in [2.05, 4.69) is 15.6 Å². The molecule has 1 aromatic heterocycles. The van der Waals surface area contributed by atoms with Crippen LogP contribution in [0.4, 0.5) is 29.3 Å². The number of aliphatic hydroxyl groups excluding tert-OH is 1. The fraction of sp³-hybridized carbons (Fsp3) is 0.167. The number of nitrogens with one attached hydrogen (secondary N) is 3. The second-order valence-electron chi connectivity index (χ2n) is 5.71. The van der Waals surface area contributed by atoms with Gasteiger partial charge in [-0.05, 0) is 48.4 Å². The third-order valence-electron chi connectivity index (χ3n) is 3.84. The van der Waals surface area contributed by atoms with Gasteiger partial charge in [-0.3, -0.25) is 0 Å². The monoisotopic (exact) mass is 363 g/mol. The maximum Gasteiger partial charge on any atom is 0.416 e. The summed E-state index contributed by atoms with van der Waals surface area (Å²) in [6.45, 7) is -0.0415. The lowest BCUT2D eigenvalue weighted by Crippen LogP contribution is -2.20. The van der Waals surface area contributed by atoms with Crippen LogP contribution in [0.25, 0.3) is 10.9 Å². The standard InChI is InChI=1S/C18H16F3N3O2/c19-18(20,21)12-2-1-3-13(9-12)23-17(26)24-14-8-11(5-7-25)15-4-6-22-16(15)10-14/h1-4,6,8-10,22,25H,5,7H2,(H2,23,24,26). The van der Waals surface area contributed by atoms with Gasteiger partial charge in [0.2, 0.25) is 0 Å². The van der Waals surface area contributed by atoms with Gasteiger partial charge in [0.05, 0.1) is 5.56 Å². The van der Waals surface area contributed by atoms with Crippen molar-refractivity contribution in [2.45, 2.75) is 12.6 Å². The van der Waals surface area contributed by atoms with Crippen molar-refractivity contribution >= 4 is 28.3 Å². The van der Waals surface area contributed by atoms with Crippen molar-refractivity contribution in [1.82, 2.24) is 4.98 Å². The van der Waals surface area contributed by atoms with Crippen molar-refractivity contribution in [3.8, 4) is 0 Å². The minimum absolute atomic E-state index is 0.0360. The first-order valence-corrected chi connectivity index (χ1v) is 7.83. The number of aliphatic hydroxyl groups is 1. The van der Waals surface area contributed by atoms with Crippen LogP contribution in [0.5, 0.6) is 0 Å². The van der Waals surface area contributed by atoms with Gasteiger partial charge in [0.15, 0.2) is 0 Å². The number of urea groups is 1. The zero-order valence-corrected chi connectivity index (χ0v) is 13.5. The highest BCUT2D eigenvalue weighted by atomic mass is 19.4. The Kier molecular flexibility index (Phi) is 4.85. The van der Waals surface area contributed by atoms with E-state index in [9.17, 15) is 23.1 Å². The van der Waals surface area contributed by atoms with E-state index in [-0.39, 0.29) is 12.3 Å². The molecule has 0 aliphatic rings. The van der Waals surface area contributed by atoms with E-state index in [0.29, 0.717) is 12.1 Å². The van der Waals surface area contributed by atoms with Crippen LogP contribution in [0.2, 0.25) is 0 Å². The number of hydrogen-bond donors (Lipinski definition) is 4. The van der Waals surface area contributed by atoms with Gasteiger partial charge in [-0.25, -0.2) is 4.79 Å². The first kappa shape index (κ1) is 17.8. The number of amides is 2. The average molecular weight is 363 g/mol. The summed E-state index contributed by atoms with van der Waals surface area (Å²) in [7, 11) is 0. The smallest absolute Gasteiger partial charge is 0.396 e. The number of H-pyrrole nitrogens is 1. The lowest BCUT2D eigenvalue weighted by molar-refractivity contribution is -0.137. The topological polar surface area (TPSA) is 77.2 Å². The molecule has 8 heteroatoms. The summed E-state index contributed by atoms with van der Waals surface area (Å²) in [6.07, 6.45) is -2.32. The molecule has 0 spiro atoms. The first-order valence-electron chi connectivity index (χ1n) is 7.83. The third-order valence-corrected chi connectivity index (χ3v) is 3.84. The van der Waals surface area contributed by atoms with Crippen molar-refractivity contribution < 1.29 is 23.1 Å². The Bertz CT molecular complexity index is 935. The maximum atomic E-state index is 12.7. The van der Waals surface area contributed by atoms with Crippen molar-refractivity contribution in [2.24, 2.45) is 0 Å². The molecule has 0 aliphatic heterocycles. The van der Waals surface area contributed by atoms with Crippen molar-refractivity contribution in [2.75, 3.05) is 17.2 Å². The molecular weight excluding hydrogens is 347 g/mol. The second-order valence-corrected chi connectivity index (χ2v) is 5.71. The first-order chi connectivity index (χ1) is 12.4. The van der Waals surface area contributed by atoms with Crippen LogP contribution in [-0.2, 0) is 12.6 Å². The van der Waals surface area contributed by atoms with Gasteiger partial charge in [0.1, 0.15) is 0 Å². The lowest BCUT2D eigenvalue weighted by atomic mass is 10.1. The van der Waals surface area contributed by atoms with E-state index in [1.54, 1.807) is 18.3 Å². The van der Waals surface area contributed by atoms with Gasteiger partial charge in [0.25, 0.3) is 0 Å².